The van der Waals surface area contributed by atoms with Gasteiger partial charge in [-0.3, -0.25) is 18.4 Å². The molecule has 5 atom stereocenters. The number of benzene rings is 1. The first kappa shape index (κ1) is 18.8. The number of phosphoric ester groups is 1. The third kappa shape index (κ3) is 3.05. The average Bonchev–Trinajstić information content (AvgIpc) is 3.13. The van der Waals surface area contributed by atoms with Crippen molar-refractivity contribution in [1.29, 1.82) is 0 Å². The van der Waals surface area contributed by atoms with Gasteiger partial charge < -0.3 is 19.1 Å². The molecular formula is C17H20NO8P. The molecule has 0 aliphatic carbocycles. The van der Waals surface area contributed by atoms with Crippen LogP contribution in [0.4, 0.5) is 0 Å². The van der Waals surface area contributed by atoms with Crippen LogP contribution in [0.15, 0.2) is 41.3 Å². The van der Waals surface area contributed by atoms with Crippen molar-refractivity contribution in [1.82, 2.24) is 4.57 Å². The molecule has 2 saturated heterocycles. The number of ether oxygens (including phenoxy) is 3. The largest absolute Gasteiger partial charge is 0.472 e. The van der Waals surface area contributed by atoms with Gasteiger partial charge in [0.25, 0.3) is 5.56 Å². The number of pyridine rings is 1. The number of nitrogens with zero attached hydrogens (tertiary/aromatic N) is 1. The Bertz CT molecular complexity index is 961. The van der Waals surface area contributed by atoms with Crippen LogP contribution in [0, 0.1) is 0 Å². The summed E-state index contributed by atoms with van der Waals surface area (Å²) in [5.74, 6) is 0. The van der Waals surface area contributed by atoms with Crippen molar-refractivity contribution < 1.29 is 32.7 Å². The zero-order valence-electron chi connectivity index (χ0n) is 14.8. The second kappa shape index (κ2) is 6.79. The summed E-state index contributed by atoms with van der Waals surface area (Å²) in [5.41, 5.74) is -1.37. The van der Waals surface area contributed by atoms with Crippen LogP contribution in [0.2, 0.25) is 0 Å². The number of hydrogen-bond acceptors (Lipinski definition) is 7. The standard InChI is InChI=1S/C17H20NO8P/c1-22-9-17-10-24-13(14(17)26-27(20,21)23-2)16(25-17)18-8-7-11-5-3-4-6-12(11)15(18)19/h3-8,13-14,16H,9-10H2,1-2H3,(H,20,21). The summed E-state index contributed by atoms with van der Waals surface area (Å²) >= 11 is 0. The molecule has 1 aromatic carbocycles. The van der Waals surface area contributed by atoms with E-state index in [4.69, 9.17) is 18.7 Å². The minimum Gasteiger partial charge on any atom is -0.381 e. The van der Waals surface area contributed by atoms with Gasteiger partial charge in [0.2, 0.25) is 0 Å². The average molecular weight is 397 g/mol. The van der Waals surface area contributed by atoms with E-state index < -0.39 is 31.9 Å². The number of phosphoric acid groups is 1. The highest BCUT2D eigenvalue weighted by atomic mass is 31.2. The molecule has 2 aliphatic heterocycles. The maximum absolute atomic E-state index is 12.9. The van der Waals surface area contributed by atoms with E-state index in [0.717, 1.165) is 12.5 Å². The highest BCUT2D eigenvalue weighted by molar-refractivity contribution is 7.47. The van der Waals surface area contributed by atoms with Gasteiger partial charge in [-0.25, -0.2) is 4.57 Å². The van der Waals surface area contributed by atoms with Crippen molar-refractivity contribution in [3.63, 3.8) is 0 Å². The molecule has 146 valence electrons. The van der Waals surface area contributed by atoms with Gasteiger partial charge in [-0.05, 0) is 17.5 Å². The molecular weight excluding hydrogens is 377 g/mol. The van der Waals surface area contributed by atoms with Crippen LogP contribution in [0.25, 0.3) is 10.8 Å². The van der Waals surface area contributed by atoms with Crippen molar-refractivity contribution >= 4 is 18.6 Å². The lowest BCUT2D eigenvalue weighted by atomic mass is 10.0. The molecule has 3 heterocycles. The summed E-state index contributed by atoms with van der Waals surface area (Å²) in [6.45, 7) is 0.176. The first-order valence-electron chi connectivity index (χ1n) is 8.36. The van der Waals surface area contributed by atoms with Gasteiger partial charge in [0, 0.05) is 25.8 Å². The summed E-state index contributed by atoms with van der Waals surface area (Å²) in [6, 6.07) is 9.01. The van der Waals surface area contributed by atoms with Crippen LogP contribution >= 0.6 is 7.82 Å². The minimum atomic E-state index is -4.30. The Labute approximate surface area is 155 Å². The van der Waals surface area contributed by atoms with Crippen LogP contribution in [0.1, 0.15) is 6.23 Å². The third-order valence-electron chi connectivity index (χ3n) is 4.95. The van der Waals surface area contributed by atoms with Gasteiger partial charge >= 0.3 is 7.82 Å². The minimum absolute atomic E-state index is 0.0662. The van der Waals surface area contributed by atoms with Crippen molar-refractivity contribution in [3.8, 4) is 0 Å². The molecule has 2 bridgehead atoms. The molecule has 1 aromatic heterocycles. The molecule has 9 nitrogen and oxygen atoms in total. The summed E-state index contributed by atoms with van der Waals surface area (Å²) in [6.07, 6.45) is -0.912. The van der Waals surface area contributed by atoms with E-state index in [2.05, 4.69) is 4.52 Å². The van der Waals surface area contributed by atoms with Gasteiger partial charge in [0.05, 0.1) is 13.2 Å². The van der Waals surface area contributed by atoms with Crippen LogP contribution in [0.3, 0.4) is 0 Å². The van der Waals surface area contributed by atoms with E-state index in [9.17, 15) is 14.3 Å². The molecule has 2 aliphatic rings. The van der Waals surface area contributed by atoms with Crippen molar-refractivity contribution in [3.05, 3.63) is 46.9 Å². The summed E-state index contributed by atoms with van der Waals surface area (Å²) in [5, 5.41) is 1.34. The summed E-state index contributed by atoms with van der Waals surface area (Å²) in [7, 11) is -1.74. The maximum atomic E-state index is 12.9. The molecule has 5 unspecified atom stereocenters. The molecule has 2 fully saturated rings. The SMILES string of the molecule is COCC12COC(C(n3ccc4ccccc4c3=O)O1)C2OP(=O)(O)OC. The molecule has 0 amide bonds. The molecule has 27 heavy (non-hydrogen) atoms. The lowest BCUT2D eigenvalue weighted by Crippen LogP contribution is -2.45. The first-order chi connectivity index (χ1) is 12.9. The molecule has 2 aromatic rings. The Morgan fingerprint density at radius 1 is 1.33 bits per heavy atom. The van der Waals surface area contributed by atoms with E-state index >= 15 is 0 Å². The number of aromatic nitrogens is 1. The quantitative estimate of drug-likeness (QED) is 0.731. The van der Waals surface area contributed by atoms with Crippen molar-refractivity contribution in [2.75, 3.05) is 27.4 Å². The Morgan fingerprint density at radius 2 is 2.11 bits per heavy atom. The predicted molar refractivity (Wildman–Crippen MR) is 94.4 cm³/mol. The smallest absolute Gasteiger partial charge is 0.381 e. The first-order valence-corrected chi connectivity index (χ1v) is 9.85. The van der Waals surface area contributed by atoms with E-state index in [0.29, 0.717) is 5.39 Å². The lowest BCUT2D eigenvalue weighted by Gasteiger charge is -2.31. The third-order valence-corrected chi connectivity index (χ3v) is 5.91. The van der Waals surface area contributed by atoms with Gasteiger partial charge in [0.1, 0.15) is 17.8 Å². The molecule has 4 rings (SSSR count). The van der Waals surface area contributed by atoms with E-state index in [-0.39, 0.29) is 18.8 Å². The molecule has 1 N–H and O–H groups in total. The second-order valence-electron chi connectivity index (χ2n) is 6.57. The van der Waals surface area contributed by atoms with Gasteiger partial charge in [-0.2, -0.15) is 0 Å². The fraction of sp³-hybridized carbons (Fsp3) is 0.471. The molecule has 0 saturated carbocycles. The van der Waals surface area contributed by atoms with Crippen LogP contribution in [-0.4, -0.2) is 54.7 Å². The second-order valence-corrected chi connectivity index (χ2v) is 8.09. The van der Waals surface area contributed by atoms with E-state index in [1.54, 1.807) is 24.4 Å². The Morgan fingerprint density at radius 3 is 2.85 bits per heavy atom. The lowest BCUT2D eigenvalue weighted by molar-refractivity contribution is -0.190. The number of methoxy groups -OCH3 is 1. The predicted octanol–water partition coefficient (Wildman–Crippen LogP) is 1.45. The van der Waals surface area contributed by atoms with Gasteiger partial charge in [-0.1, -0.05) is 18.2 Å². The molecule has 0 spiro atoms. The molecule has 10 heteroatoms. The molecule has 0 radical (unpaired) electrons. The summed E-state index contributed by atoms with van der Waals surface area (Å²) in [4.78, 5) is 22.7. The highest BCUT2D eigenvalue weighted by Gasteiger charge is 2.64. The summed E-state index contributed by atoms with van der Waals surface area (Å²) < 4.78 is 40.3. The van der Waals surface area contributed by atoms with E-state index in [1.807, 2.05) is 12.1 Å². The van der Waals surface area contributed by atoms with E-state index in [1.165, 1.54) is 11.7 Å². The van der Waals surface area contributed by atoms with Gasteiger partial charge in [0.15, 0.2) is 6.23 Å². The maximum Gasteiger partial charge on any atom is 0.472 e. The zero-order chi connectivity index (χ0) is 19.2. The van der Waals surface area contributed by atoms with Gasteiger partial charge in [-0.15, -0.1) is 0 Å². The number of rotatable bonds is 6. The normalized spacial score (nSPS) is 32.0. The fourth-order valence-electron chi connectivity index (χ4n) is 3.71. The Kier molecular flexibility index (Phi) is 4.72. The number of hydrogen-bond donors (Lipinski definition) is 1. The highest BCUT2D eigenvalue weighted by Crippen LogP contribution is 2.54. The van der Waals surface area contributed by atoms with Crippen LogP contribution < -0.4 is 5.56 Å². The fourth-order valence-corrected chi connectivity index (χ4v) is 4.40. The van der Waals surface area contributed by atoms with Crippen LogP contribution in [-0.2, 0) is 27.8 Å². The van der Waals surface area contributed by atoms with Crippen LogP contribution in [0.5, 0.6) is 0 Å². The monoisotopic (exact) mass is 397 g/mol. The van der Waals surface area contributed by atoms with Crippen molar-refractivity contribution in [2.24, 2.45) is 0 Å². The Hall–Kier alpha value is -1.58. The van der Waals surface area contributed by atoms with Crippen molar-refractivity contribution in [2.45, 2.75) is 24.0 Å². The topological polar surface area (TPSA) is 105 Å². The Balaban J connectivity index is 1.75. The zero-order valence-corrected chi connectivity index (χ0v) is 15.7. The number of fused-ring (bicyclic) bond motifs is 3.